The summed E-state index contributed by atoms with van der Waals surface area (Å²) in [5.41, 5.74) is 0. The molecule has 0 aliphatic heterocycles. The van der Waals surface area contributed by atoms with E-state index in [9.17, 15) is 0 Å². The Morgan fingerprint density at radius 1 is 0.722 bits per heavy atom. The molecule has 0 spiro atoms. The zero-order chi connectivity index (χ0) is 11.9. The van der Waals surface area contributed by atoms with E-state index in [2.05, 4.69) is 26.0 Å². The van der Waals surface area contributed by atoms with Gasteiger partial charge in [0.05, 0.1) is 0 Å². The predicted molar refractivity (Wildman–Crippen MR) is 77.8 cm³/mol. The largest absolute Gasteiger partial charge is 2.00 e. The van der Waals surface area contributed by atoms with E-state index in [0.717, 1.165) is 12.8 Å². The maximum atomic E-state index is 3.07. The van der Waals surface area contributed by atoms with Gasteiger partial charge in [-0.3, -0.25) is 6.08 Å². The fourth-order valence-electron chi connectivity index (χ4n) is 0.930. The van der Waals surface area contributed by atoms with Crippen molar-refractivity contribution in [1.82, 2.24) is 0 Å². The third kappa shape index (κ3) is 21.9. The van der Waals surface area contributed by atoms with Gasteiger partial charge in [-0.15, -0.1) is 0 Å². The summed E-state index contributed by atoms with van der Waals surface area (Å²) in [7, 11) is 0. The second-order valence-corrected chi connectivity index (χ2v) is 3.09. The number of hydrogen-bond donors (Lipinski definition) is 0. The molecule has 2 aliphatic rings. The van der Waals surface area contributed by atoms with Gasteiger partial charge in [0.2, 0.25) is 0 Å². The van der Waals surface area contributed by atoms with E-state index in [1.165, 1.54) is 0 Å². The minimum Gasteiger partial charge on any atom is -0.501 e. The van der Waals surface area contributed by atoms with Gasteiger partial charge in [0.15, 0.2) is 0 Å². The van der Waals surface area contributed by atoms with Crippen LogP contribution in [0.15, 0.2) is 6.08 Å². The average molecular weight is 320 g/mol. The van der Waals surface area contributed by atoms with E-state index in [4.69, 9.17) is 0 Å². The van der Waals surface area contributed by atoms with Gasteiger partial charge in [0.25, 0.3) is 0 Å². The van der Waals surface area contributed by atoms with Crippen molar-refractivity contribution in [3.8, 4) is 0 Å². The molecule has 0 saturated heterocycles. The summed E-state index contributed by atoms with van der Waals surface area (Å²) in [4.78, 5) is 0. The van der Waals surface area contributed by atoms with Gasteiger partial charge in [0, 0.05) is 0 Å². The van der Waals surface area contributed by atoms with Crippen molar-refractivity contribution in [3.63, 3.8) is 0 Å². The molecule has 0 atom stereocenters. The molecule has 2 saturated carbocycles. The molecule has 0 heterocycles. The van der Waals surface area contributed by atoms with Crippen molar-refractivity contribution in [2.45, 2.75) is 26.7 Å². The van der Waals surface area contributed by atoms with Crippen molar-refractivity contribution in [3.05, 3.63) is 83.8 Å². The monoisotopic (exact) mass is 318 g/mol. The molecule has 0 amide bonds. The molecule has 0 N–H and O–H groups in total. The van der Waals surface area contributed by atoms with Gasteiger partial charge in [-0.1, -0.05) is 20.3 Å². The zero-order valence-electron chi connectivity index (χ0n) is 11.8. The molecule has 2 fully saturated rings. The molecule has 0 aromatic carbocycles. The van der Waals surface area contributed by atoms with E-state index in [1.807, 2.05) is 64.2 Å². The fraction of sp³-hybridized carbons (Fsp3) is 0.235. The predicted octanol–water partition coefficient (Wildman–Crippen LogP) is 4.66. The normalized spacial score (nSPS) is 16.8. The van der Waals surface area contributed by atoms with Crippen LogP contribution < -0.4 is 0 Å². The molecule has 0 unspecified atom stereocenters. The first kappa shape index (κ1) is 23.7. The second-order valence-electron chi connectivity index (χ2n) is 3.09. The van der Waals surface area contributed by atoms with Crippen molar-refractivity contribution in [2.24, 2.45) is 0 Å². The molecule has 96 valence electrons. The molecule has 1 heteroatoms. The van der Waals surface area contributed by atoms with Gasteiger partial charge in [-0.2, -0.15) is 6.42 Å². The second kappa shape index (κ2) is 22.8. The third-order valence-electron chi connectivity index (χ3n) is 1.66. The van der Waals surface area contributed by atoms with E-state index in [0.29, 0.717) is 0 Å². The summed E-state index contributed by atoms with van der Waals surface area (Å²) in [6, 6.07) is 0. The SMILES string of the molecule is CC[C-]=CCC.[CH3-].[CH]1[CH][CH][CH][CH]1.[CH]1[CH][CH][CH][CH]1.[Zr+2]. The molecule has 2 aliphatic carbocycles. The van der Waals surface area contributed by atoms with Crippen LogP contribution >= 0.6 is 0 Å². The van der Waals surface area contributed by atoms with Crippen molar-refractivity contribution in [1.29, 1.82) is 0 Å². The third-order valence-corrected chi connectivity index (χ3v) is 1.66. The first-order valence-electron chi connectivity index (χ1n) is 5.80. The first-order chi connectivity index (χ1) is 7.91. The summed E-state index contributed by atoms with van der Waals surface area (Å²) in [5, 5.41) is 0. The average Bonchev–Trinajstić information content (AvgIpc) is 3.00. The zero-order valence-corrected chi connectivity index (χ0v) is 14.2. The van der Waals surface area contributed by atoms with E-state index < -0.39 is 0 Å². The summed E-state index contributed by atoms with van der Waals surface area (Å²) in [5.74, 6) is 0. The van der Waals surface area contributed by atoms with Gasteiger partial charge in [-0.25, -0.2) is 0 Å². The molecule has 0 aromatic heterocycles. The van der Waals surface area contributed by atoms with E-state index in [1.54, 1.807) is 0 Å². The van der Waals surface area contributed by atoms with Crippen LogP contribution in [0.25, 0.3) is 0 Å². The maximum absolute atomic E-state index is 3.07. The van der Waals surface area contributed by atoms with Crippen LogP contribution in [0, 0.1) is 77.7 Å². The molecule has 18 heavy (non-hydrogen) atoms. The molecule has 0 nitrogen and oxygen atoms in total. The Balaban J connectivity index is -0.000000178. The number of hydrogen-bond acceptors (Lipinski definition) is 0. The molecule has 10 radical (unpaired) electrons. The Morgan fingerprint density at radius 3 is 1.11 bits per heavy atom. The minimum absolute atomic E-state index is 0. The molecular weight excluding hydrogens is 295 g/mol. The van der Waals surface area contributed by atoms with Gasteiger partial charge in [-0.05, 0) is 64.2 Å². The Labute approximate surface area is 136 Å². The summed E-state index contributed by atoms with van der Waals surface area (Å²) in [6.07, 6.45) is 27.3. The first-order valence-corrected chi connectivity index (χ1v) is 5.80. The van der Waals surface area contributed by atoms with Crippen LogP contribution in [0.4, 0.5) is 0 Å². The fourth-order valence-corrected chi connectivity index (χ4v) is 0.930. The Bertz CT molecular complexity index is 101. The van der Waals surface area contributed by atoms with Crippen LogP contribution in [0.5, 0.6) is 0 Å². The Kier molecular flexibility index (Phi) is 30.0. The van der Waals surface area contributed by atoms with Gasteiger partial charge in [0.1, 0.15) is 0 Å². The standard InChI is InChI=1S/C6H11.2C5H5.CH3.Zr/c1-3-5-6-4-2;2*1-2-4-5-3-1;;/h5H,3-4H2,1-2H3;2*1-5H;1H3;/q-1;;;-1;+2. The van der Waals surface area contributed by atoms with Crippen molar-refractivity contribution in [2.75, 3.05) is 0 Å². The number of allylic oxidation sites excluding steroid dienone is 2. The number of rotatable bonds is 2. The minimum atomic E-state index is 0. The van der Waals surface area contributed by atoms with Crippen molar-refractivity contribution >= 4 is 0 Å². The quantitative estimate of drug-likeness (QED) is 0.650. The summed E-state index contributed by atoms with van der Waals surface area (Å²) in [6.45, 7) is 4.20. The van der Waals surface area contributed by atoms with Crippen LogP contribution in [-0.2, 0) is 26.2 Å². The van der Waals surface area contributed by atoms with Crippen LogP contribution in [0.1, 0.15) is 26.7 Å². The molecular formula is C17H24Zr. The van der Waals surface area contributed by atoms with Crippen LogP contribution in [0.2, 0.25) is 0 Å². The van der Waals surface area contributed by atoms with Gasteiger partial charge >= 0.3 is 26.2 Å². The molecule has 2 rings (SSSR count). The smallest absolute Gasteiger partial charge is 0.501 e. The molecule has 0 bridgehead atoms. The van der Waals surface area contributed by atoms with E-state index in [-0.39, 0.29) is 33.6 Å². The topological polar surface area (TPSA) is 0 Å². The summed E-state index contributed by atoms with van der Waals surface area (Å²) >= 11 is 0. The van der Waals surface area contributed by atoms with E-state index >= 15 is 0 Å². The van der Waals surface area contributed by atoms with Gasteiger partial charge < -0.3 is 13.5 Å². The van der Waals surface area contributed by atoms with Crippen LogP contribution in [-0.4, -0.2) is 0 Å². The van der Waals surface area contributed by atoms with Crippen LogP contribution in [0.3, 0.4) is 0 Å². The Hall–Kier alpha value is 0.623. The van der Waals surface area contributed by atoms with Crippen molar-refractivity contribution < 1.29 is 26.2 Å². The Morgan fingerprint density at radius 2 is 1.00 bits per heavy atom. The maximum Gasteiger partial charge on any atom is 2.00 e. The summed E-state index contributed by atoms with van der Waals surface area (Å²) < 4.78 is 0. The molecule has 0 aromatic rings.